The zero-order valence-electron chi connectivity index (χ0n) is 26.3. The molecule has 2 amide bonds. The maximum Gasteiger partial charge on any atom is 0.264 e. The molecule has 0 fully saturated rings. The van der Waals surface area contributed by atoms with Crippen molar-refractivity contribution >= 4 is 43.5 Å². The minimum atomic E-state index is -4.23. The zero-order chi connectivity index (χ0) is 33.4. The molecule has 0 bridgehead atoms. The topological polar surface area (TPSA) is 105 Å². The van der Waals surface area contributed by atoms with Crippen molar-refractivity contribution in [2.24, 2.45) is 0 Å². The SMILES string of the molecule is CC[C@@H](C)NC(=O)[C@H](Cc1ccccc1)N(Cc1ccc(Br)cc1)C(=O)CN(c1ccc2c(c1)OCCO2)S(=O)(=O)c1ccccc1. The second kappa shape index (κ2) is 15.5. The quantitative estimate of drug-likeness (QED) is 0.183. The molecule has 0 aromatic heterocycles. The van der Waals surface area contributed by atoms with E-state index in [2.05, 4.69) is 21.2 Å². The first-order valence-corrected chi connectivity index (χ1v) is 17.7. The van der Waals surface area contributed by atoms with Crippen LogP contribution in [0.1, 0.15) is 31.4 Å². The number of amides is 2. The number of ether oxygens (including phenoxy) is 2. The summed E-state index contributed by atoms with van der Waals surface area (Å²) in [6.07, 6.45) is 0.943. The van der Waals surface area contributed by atoms with Gasteiger partial charge >= 0.3 is 0 Å². The van der Waals surface area contributed by atoms with Gasteiger partial charge in [0.25, 0.3) is 10.0 Å². The Kier molecular flexibility index (Phi) is 11.2. The highest BCUT2D eigenvalue weighted by atomic mass is 79.9. The third-order valence-corrected chi connectivity index (χ3v) is 10.3. The number of halogens is 1. The monoisotopic (exact) mass is 719 g/mol. The molecule has 4 aromatic rings. The Morgan fingerprint density at radius 2 is 1.49 bits per heavy atom. The lowest BCUT2D eigenvalue weighted by atomic mass is 10.0. The molecule has 11 heteroatoms. The number of carbonyl (C=O) groups excluding carboxylic acids is 2. The van der Waals surface area contributed by atoms with Crippen molar-refractivity contribution < 1.29 is 27.5 Å². The van der Waals surface area contributed by atoms with E-state index in [4.69, 9.17) is 9.47 Å². The smallest absolute Gasteiger partial charge is 0.264 e. The van der Waals surface area contributed by atoms with Gasteiger partial charge in [0.1, 0.15) is 25.8 Å². The fourth-order valence-corrected chi connectivity index (χ4v) is 6.91. The number of benzene rings is 4. The van der Waals surface area contributed by atoms with Gasteiger partial charge in [0.2, 0.25) is 11.8 Å². The third-order valence-electron chi connectivity index (χ3n) is 7.96. The minimum absolute atomic E-state index is 0.0255. The Labute approximate surface area is 284 Å². The maximum absolute atomic E-state index is 14.6. The van der Waals surface area contributed by atoms with Crippen LogP contribution in [0.25, 0.3) is 0 Å². The van der Waals surface area contributed by atoms with Gasteiger partial charge in [-0.15, -0.1) is 0 Å². The fourth-order valence-electron chi connectivity index (χ4n) is 5.22. The molecule has 2 atom stereocenters. The summed E-state index contributed by atoms with van der Waals surface area (Å²) in [7, 11) is -4.23. The molecule has 0 saturated carbocycles. The number of hydrogen-bond acceptors (Lipinski definition) is 6. The van der Waals surface area contributed by atoms with Gasteiger partial charge in [-0.3, -0.25) is 13.9 Å². The molecule has 0 radical (unpaired) electrons. The van der Waals surface area contributed by atoms with E-state index in [9.17, 15) is 18.0 Å². The number of hydrogen-bond donors (Lipinski definition) is 1. The Morgan fingerprint density at radius 1 is 0.851 bits per heavy atom. The van der Waals surface area contributed by atoms with Crippen LogP contribution in [0.15, 0.2) is 112 Å². The summed E-state index contributed by atoms with van der Waals surface area (Å²) in [5.74, 6) is 0.0222. The van der Waals surface area contributed by atoms with Crippen LogP contribution in [-0.4, -0.2) is 57.0 Å². The molecule has 5 rings (SSSR count). The Balaban J connectivity index is 1.58. The summed E-state index contributed by atoms with van der Waals surface area (Å²) >= 11 is 3.46. The maximum atomic E-state index is 14.6. The molecule has 9 nitrogen and oxygen atoms in total. The lowest BCUT2D eigenvalue weighted by Gasteiger charge is -2.34. The van der Waals surface area contributed by atoms with Crippen LogP contribution in [0.4, 0.5) is 5.69 Å². The molecule has 0 spiro atoms. The second-order valence-corrected chi connectivity index (χ2v) is 14.1. The van der Waals surface area contributed by atoms with E-state index in [0.717, 1.165) is 19.9 Å². The highest BCUT2D eigenvalue weighted by Gasteiger charge is 2.35. The Morgan fingerprint density at radius 3 is 2.15 bits per heavy atom. The molecule has 4 aromatic carbocycles. The van der Waals surface area contributed by atoms with Crippen LogP contribution in [0.2, 0.25) is 0 Å². The predicted molar refractivity (Wildman–Crippen MR) is 185 cm³/mol. The van der Waals surface area contributed by atoms with E-state index in [1.165, 1.54) is 17.0 Å². The molecule has 0 unspecified atom stereocenters. The van der Waals surface area contributed by atoms with Gasteiger partial charge in [0.15, 0.2) is 11.5 Å². The average molecular weight is 721 g/mol. The van der Waals surface area contributed by atoms with Crippen molar-refractivity contribution in [3.05, 3.63) is 119 Å². The highest BCUT2D eigenvalue weighted by molar-refractivity contribution is 9.10. The minimum Gasteiger partial charge on any atom is -0.486 e. The molecule has 1 aliphatic heterocycles. The molecular formula is C36H38BrN3O6S. The van der Waals surface area contributed by atoms with Crippen LogP contribution < -0.4 is 19.1 Å². The first-order valence-electron chi connectivity index (χ1n) is 15.5. The second-order valence-electron chi connectivity index (χ2n) is 11.3. The van der Waals surface area contributed by atoms with E-state index in [1.807, 2.05) is 68.4 Å². The lowest BCUT2D eigenvalue weighted by Crippen LogP contribution is -2.54. The van der Waals surface area contributed by atoms with E-state index in [0.29, 0.717) is 31.1 Å². The van der Waals surface area contributed by atoms with Crippen LogP contribution in [-0.2, 0) is 32.6 Å². The van der Waals surface area contributed by atoms with Crippen LogP contribution in [0, 0.1) is 0 Å². The number of rotatable bonds is 13. The number of nitrogens with one attached hydrogen (secondary N) is 1. The molecule has 0 saturated heterocycles. The normalized spacial score (nSPS) is 13.7. The molecule has 0 aliphatic carbocycles. The lowest BCUT2D eigenvalue weighted by molar-refractivity contribution is -0.140. The van der Waals surface area contributed by atoms with Gasteiger partial charge in [-0.2, -0.15) is 0 Å². The Hall–Kier alpha value is -4.35. The summed E-state index contributed by atoms with van der Waals surface area (Å²) in [6, 6.07) is 28.7. The van der Waals surface area contributed by atoms with E-state index < -0.39 is 28.5 Å². The largest absolute Gasteiger partial charge is 0.486 e. The van der Waals surface area contributed by atoms with E-state index >= 15 is 0 Å². The summed E-state index contributed by atoms with van der Waals surface area (Å²) in [4.78, 5) is 30.1. The van der Waals surface area contributed by atoms with E-state index in [1.54, 1.807) is 36.4 Å². The molecule has 1 aliphatic rings. The van der Waals surface area contributed by atoms with Crippen LogP contribution in [0.3, 0.4) is 0 Å². The first-order chi connectivity index (χ1) is 22.7. The van der Waals surface area contributed by atoms with Crippen molar-refractivity contribution in [3.8, 4) is 11.5 Å². The summed E-state index contributed by atoms with van der Waals surface area (Å²) < 4.78 is 41.8. The van der Waals surface area contributed by atoms with E-state index in [-0.39, 0.29) is 35.5 Å². The zero-order valence-corrected chi connectivity index (χ0v) is 28.7. The van der Waals surface area contributed by atoms with Crippen molar-refractivity contribution in [2.75, 3.05) is 24.1 Å². The van der Waals surface area contributed by atoms with Crippen LogP contribution in [0.5, 0.6) is 11.5 Å². The van der Waals surface area contributed by atoms with Gasteiger partial charge in [-0.1, -0.05) is 83.5 Å². The van der Waals surface area contributed by atoms with Gasteiger partial charge in [-0.25, -0.2) is 8.42 Å². The third kappa shape index (κ3) is 8.52. The van der Waals surface area contributed by atoms with Gasteiger partial charge in [0.05, 0.1) is 10.6 Å². The highest BCUT2D eigenvalue weighted by Crippen LogP contribution is 2.36. The number of sulfonamides is 1. The van der Waals surface area contributed by atoms with Gasteiger partial charge in [0, 0.05) is 29.5 Å². The van der Waals surface area contributed by atoms with Crippen molar-refractivity contribution in [3.63, 3.8) is 0 Å². The standard InChI is InChI=1S/C36H38BrN3O6S/c1-3-26(2)38-36(42)32(22-27-10-6-4-7-11-27)39(24-28-14-16-29(37)17-15-28)35(41)25-40(47(43,44)31-12-8-5-9-13-31)30-18-19-33-34(23-30)46-21-20-45-33/h4-19,23,26,32H,3,20-22,24-25H2,1-2H3,(H,38,42)/t26-,32+/m1/s1. The van der Waals surface area contributed by atoms with Crippen LogP contribution >= 0.6 is 15.9 Å². The van der Waals surface area contributed by atoms with Gasteiger partial charge < -0.3 is 19.7 Å². The Bertz CT molecular complexity index is 1770. The number of carbonyl (C=O) groups is 2. The average Bonchev–Trinajstić information content (AvgIpc) is 3.09. The molecule has 1 heterocycles. The van der Waals surface area contributed by atoms with Crippen molar-refractivity contribution in [2.45, 2.75) is 50.2 Å². The summed E-state index contributed by atoms with van der Waals surface area (Å²) in [6.45, 7) is 4.10. The van der Waals surface area contributed by atoms with Crippen molar-refractivity contribution in [1.29, 1.82) is 0 Å². The fraction of sp³-hybridized carbons (Fsp3) is 0.278. The predicted octanol–water partition coefficient (Wildman–Crippen LogP) is 5.97. The number of anilines is 1. The molecule has 246 valence electrons. The number of nitrogens with zero attached hydrogens (tertiary/aromatic N) is 2. The number of fused-ring (bicyclic) bond motifs is 1. The van der Waals surface area contributed by atoms with Gasteiger partial charge in [-0.05, 0) is 60.9 Å². The van der Waals surface area contributed by atoms with Crippen molar-refractivity contribution in [1.82, 2.24) is 10.2 Å². The molecule has 47 heavy (non-hydrogen) atoms. The molecular weight excluding hydrogens is 682 g/mol. The first kappa shape index (κ1) is 34.0. The molecule has 1 N–H and O–H groups in total. The summed E-state index contributed by atoms with van der Waals surface area (Å²) in [5.41, 5.74) is 1.89. The summed E-state index contributed by atoms with van der Waals surface area (Å²) in [5, 5.41) is 3.05.